The molecule has 2 aromatic carbocycles. The number of hydrogen-bond acceptors (Lipinski definition) is 3. The molecule has 0 N–H and O–H groups in total. The first kappa shape index (κ1) is 30.6. The second kappa shape index (κ2) is 14.0. The summed E-state index contributed by atoms with van der Waals surface area (Å²) in [6.07, 6.45) is 15.9. The SMILES string of the molecule is C=C[C@@H]1CC(/C=C/C2CC(/C=C/c3ccccc3)C([Si](C)(C)C)C2)C(c2ccc(COC(=O)N=NC(C)=O)cc2)C1. The van der Waals surface area contributed by atoms with Crippen molar-refractivity contribution in [1.82, 2.24) is 0 Å². The van der Waals surface area contributed by atoms with Gasteiger partial charge in [0.05, 0.1) is 0 Å². The van der Waals surface area contributed by atoms with Crippen molar-refractivity contribution in [3.05, 3.63) is 102 Å². The zero-order valence-corrected chi connectivity index (χ0v) is 25.9. The zero-order chi connectivity index (χ0) is 29.4. The van der Waals surface area contributed by atoms with Crippen LogP contribution in [-0.2, 0) is 16.1 Å². The molecule has 2 aliphatic carbocycles. The minimum Gasteiger partial charge on any atom is -0.442 e. The highest BCUT2D eigenvalue weighted by Gasteiger charge is 2.40. The van der Waals surface area contributed by atoms with E-state index in [4.69, 9.17) is 4.74 Å². The number of benzene rings is 2. The highest BCUT2D eigenvalue weighted by Crippen LogP contribution is 2.49. The number of hydrogen-bond donors (Lipinski definition) is 0. The molecule has 0 heterocycles. The van der Waals surface area contributed by atoms with Gasteiger partial charge in [0.15, 0.2) is 0 Å². The summed E-state index contributed by atoms with van der Waals surface area (Å²) in [7, 11) is -1.30. The van der Waals surface area contributed by atoms with Crippen LogP contribution < -0.4 is 0 Å². The Hall–Kier alpha value is -3.38. The van der Waals surface area contributed by atoms with Crippen molar-refractivity contribution in [2.75, 3.05) is 0 Å². The number of allylic oxidation sites excluding steroid dienone is 4. The van der Waals surface area contributed by atoms with Gasteiger partial charge < -0.3 is 4.74 Å². The standard InChI is InChI=1S/C35H44N2O3Si/c1-6-26-20-31(33(22-26)30-16-13-28(14-17-30)24-40-35(39)37-36-25(2)38)18-15-29-21-32(34(23-29)41(3,4)5)19-12-27-10-8-7-9-11-27/h6-19,26,29,31-34H,1,20-24H2,2-5H3/b18-15+,19-12+,37-36?/t26-,29?,31?,32?,33?,34?/m1/s1. The number of azo groups is 1. The Morgan fingerprint density at radius 2 is 1.59 bits per heavy atom. The maximum Gasteiger partial charge on any atom is 0.452 e. The Bertz CT molecular complexity index is 1280. The van der Waals surface area contributed by atoms with Gasteiger partial charge in [0.25, 0.3) is 5.91 Å². The number of ether oxygens (including phenoxy) is 1. The van der Waals surface area contributed by atoms with Gasteiger partial charge in [-0.25, -0.2) is 4.79 Å². The fourth-order valence-corrected chi connectivity index (χ4v) is 9.16. The Labute approximate surface area is 246 Å². The maximum atomic E-state index is 11.6. The fraction of sp³-hybridized carbons (Fsp3) is 0.429. The van der Waals surface area contributed by atoms with Crippen molar-refractivity contribution < 1.29 is 14.3 Å². The number of amides is 2. The van der Waals surface area contributed by atoms with E-state index >= 15 is 0 Å². The summed E-state index contributed by atoms with van der Waals surface area (Å²) in [6, 6.07) is 19.0. The topological polar surface area (TPSA) is 68.1 Å². The third kappa shape index (κ3) is 8.80. The molecule has 216 valence electrons. The number of nitrogens with zero attached hydrogens (tertiary/aromatic N) is 2. The summed E-state index contributed by atoms with van der Waals surface area (Å²) in [5, 5.41) is 6.45. The van der Waals surface area contributed by atoms with Gasteiger partial charge in [-0.15, -0.1) is 11.7 Å². The van der Waals surface area contributed by atoms with E-state index in [1.807, 2.05) is 12.1 Å². The van der Waals surface area contributed by atoms with Crippen LogP contribution in [0.5, 0.6) is 0 Å². The third-order valence-electron chi connectivity index (χ3n) is 8.75. The first-order valence-corrected chi connectivity index (χ1v) is 18.4. The predicted octanol–water partition coefficient (Wildman–Crippen LogP) is 9.62. The van der Waals surface area contributed by atoms with E-state index in [0.717, 1.165) is 23.9 Å². The summed E-state index contributed by atoms with van der Waals surface area (Å²) >= 11 is 0. The molecule has 2 aliphatic rings. The van der Waals surface area contributed by atoms with Crippen LogP contribution in [0.25, 0.3) is 6.08 Å². The minimum absolute atomic E-state index is 0.0964. The molecule has 2 amide bonds. The largest absolute Gasteiger partial charge is 0.452 e. The normalized spacial score (nSPS) is 26.7. The lowest BCUT2D eigenvalue weighted by atomic mass is 9.87. The summed E-state index contributed by atoms with van der Waals surface area (Å²) < 4.78 is 5.10. The smallest absolute Gasteiger partial charge is 0.442 e. The molecule has 2 saturated carbocycles. The molecule has 5 unspecified atom stereocenters. The van der Waals surface area contributed by atoms with Crippen LogP contribution in [0.1, 0.15) is 55.2 Å². The van der Waals surface area contributed by atoms with Crippen molar-refractivity contribution in [3.63, 3.8) is 0 Å². The van der Waals surface area contributed by atoms with E-state index in [1.165, 1.54) is 30.9 Å². The van der Waals surface area contributed by atoms with Crippen LogP contribution >= 0.6 is 0 Å². The monoisotopic (exact) mass is 568 g/mol. The Balaban J connectivity index is 1.41. The van der Waals surface area contributed by atoms with Crippen LogP contribution in [0, 0.1) is 23.7 Å². The lowest BCUT2D eigenvalue weighted by Crippen LogP contribution is -2.30. The van der Waals surface area contributed by atoms with Crippen molar-refractivity contribution >= 4 is 26.2 Å². The van der Waals surface area contributed by atoms with Crippen LogP contribution in [0.15, 0.2) is 95.7 Å². The molecule has 0 aliphatic heterocycles. The van der Waals surface area contributed by atoms with Gasteiger partial charge >= 0.3 is 6.09 Å². The van der Waals surface area contributed by atoms with Crippen LogP contribution in [0.2, 0.25) is 25.2 Å². The Kier molecular flexibility index (Phi) is 10.4. The van der Waals surface area contributed by atoms with E-state index in [2.05, 4.69) is 109 Å². The van der Waals surface area contributed by atoms with Crippen molar-refractivity contribution in [2.45, 2.75) is 70.3 Å². The molecule has 0 radical (unpaired) electrons. The average Bonchev–Trinajstić information content (AvgIpc) is 3.58. The number of carbonyl (C=O) groups excluding carboxylic acids is 2. The molecule has 5 nitrogen and oxygen atoms in total. The molecular weight excluding hydrogens is 524 g/mol. The van der Waals surface area contributed by atoms with E-state index in [0.29, 0.717) is 29.6 Å². The summed E-state index contributed by atoms with van der Waals surface area (Å²) in [5.74, 6) is 2.17. The fourth-order valence-electron chi connectivity index (χ4n) is 6.62. The summed E-state index contributed by atoms with van der Waals surface area (Å²) in [4.78, 5) is 22.5. The highest BCUT2D eigenvalue weighted by molar-refractivity contribution is 6.77. The minimum atomic E-state index is -1.30. The molecule has 6 heteroatoms. The van der Waals surface area contributed by atoms with E-state index in [-0.39, 0.29) is 6.61 Å². The Morgan fingerprint density at radius 1 is 0.878 bits per heavy atom. The molecule has 4 rings (SSSR count). The van der Waals surface area contributed by atoms with Crippen LogP contribution in [-0.4, -0.2) is 20.1 Å². The second-order valence-corrected chi connectivity index (χ2v) is 18.2. The van der Waals surface area contributed by atoms with E-state index in [9.17, 15) is 9.59 Å². The van der Waals surface area contributed by atoms with Gasteiger partial charge in [-0.2, -0.15) is 0 Å². The van der Waals surface area contributed by atoms with E-state index in [1.54, 1.807) is 0 Å². The molecule has 41 heavy (non-hydrogen) atoms. The first-order chi connectivity index (χ1) is 19.6. The van der Waals surface area contributed by atoms with Gasteiger partial charge in [-0.3, -0.25) is 4.79 Å². The van der Waals surface area contributed by atoms with Crippen LogP contribution in [0.4, 0.5) is 4.79 Å². The molecule has 0 saturated heterocycles. The quantitative estimate of drug-likeness (QED) is 0.172. The first-order valence-electron chi connectivity index (χ1n) is 14.8. The predicted molar refractivity (Wildman–Crippen MR) is 169 cm³/mol. The van der Waals surface area contributed by atoms with Gasteiger partial charge in [-0.1, -0.05) is 110 Å². The lowest BCUT2D eigenvalue weighted by Gasteiger charge is -2.29. The van der Waals surface area contributed by atoms with Crippen molar-refractivity contribution in [2.24, 2.45) is 33.9 Å². The van der Waals surface area contributed by atoms with Crippen LogP contribution in [0.3, 0.4) is 0 Å². The number of carbonyl (C=O) groups is 2. The molecule has 0 spiro atoms. The van der Waals surface area contributed by atoms with Gasteiger partial charge in [0, 0.05) is 15.0 Å². The molecule has 6 atom stereocenters. The molecule has 2 aromatic rings. The lowest BCUT2D eigenvalue weighted by molar-refractivity contribution is -0.116. The second-order valence-electron chi connectivity index (χ2n) is 12.8. The Morgan fingerprint density at radius 3 is 2.24 bits per heavy atom. The molecular formula is C35H44N2O3Si. The van der Waals surface area contributed by atoms with Crippen molar-refractivity contribution in [3.8, 4) is 0 Å². The molecule has 0 aromatic heterocycles. The maximum absolute atomic E-state index is 11.6. The van der Waals surface area contributed by atoms with E-state index < -0.39 is 20.1 Å². The summed E-state index contributed by atoms with van der Waals surface area (Å²) in [6.45, 7) is 13.0. The zero-order valence-electron chi connectivity index (χ0n) is 24.9. The molecule has 0 bridgehead atoms. The number of rotatable bonds is 9. The summed E-state index contributed by atoms with van der Waals surface area (Å²) in [5.41, 5.74) is 4.27. The average molecular weight is 569 g/mol. The molecule has 2 fully saturated rings. The van der Waals surface area contributed by atoms with Gasteiger partial charge in [-0.05, 0) is 77.5 Å². The van der Waals surface area contributed by atoms with Gasteiger partial charge in [0.2, 0.25) is 0 Å². The highest BCUT2D eigenvalue weighted by atomic mass is 28.3. The van der Waals surface area contributed by atoms with Crippen molar-refractivity contribution in [1.29, 1.82) is 0 Å². The van der Waals surface area contributed by atoms with Gasteiger partial charge in [0.1, 0.15) is 6.61 Å². The third-order valence-corrected chi connectivity index (χ3v) is 11.6.